The van der Waals surface area contributed by atoms with Crippen LogP contribution >= 0.6 is 11.3 Å². The van der Waals surface area contributed by atoms with Crippen molar-refractivity contribution in [2.45, 2.75) is 31.7 Å². The van der Waals surface area contributed by atoms with E-state index < -0.39 is 5.97 Å². The van der Waals surface area contributed by atoms with Gasteiger partial charge in [-0.1, -0.05) is 6.07 Å². The molecule has 1 aromatic rings. The Kier molecular flexibility index (Phi) is 3.96. The van der Waals surface area contributed by atoms with E-state index in [2.05, 4.69) is 22.4 Å². The summed E-state index contributed by atoms with van der Waals surface area (Å²) in [6.07, 6.45) is 3.53. The maximum absolute atomic E-state index is 10.7. The number of carboxylic acid groups (broad SMARTS) is 1. The van der Waals surface area contributed by atoms with Gasteiger partial charge in [-0.15, -0.1) is 11.3 Å². The smallest absolute Gasteiger partial charge is 0.304 e. The lowest BCUT2D eigenvalue weighted by Gasteiger charge is -2.22. The molecule has 1 aliphatic heterocycles. The Labute approximate surface area is 99.7 Å². The number of likely N-dealkylation sites (tertiary alicyclic amines) is 1. The number of carboxylic acids is 1. The predicted molar refractivity (Wildman–Crippen MR) is 64.9 cm³/mol. The summed E-state index contributed by atoms with van der Waals surface area (Å²) >= 11 is 1.78. The molecular formula is C12H17NO2S. The highest BCUT2D eigenvalue weighted by molar-refractivity contribution is 7.09. The SMILES string of the molecule is O=C(O)CC1CCCN1CCc1cccs1. The molecule has 16 heavy (non-hydrogen) atoms. The number of carbonyl (C=O) groups is 1. The van der Waals surface area contributed by atoms with Crippen molar-refractivity contribution in [3.05, 3.63) is 22.4 Å². The first-order chi connectivity index (χ1) is 7.75. The van der Waals surface area contributed by atoms with Crippen LogP contribution in [0.3, 0.4) is 0 Å². The molecule has 1 fully saturated rings. The summed E-state index contributed by atoms with van der Waals surface area (Å²) in [6.45, 7) is 2.06. The first-order valence-electron chi connectivity index (χ1n) is 5.74. The van der Waals surface area contributed by atoms with Crippen molar-refractivity contribution in [1.29, 1.82) is 0 Å². The van der Waals surface area contributed by atoms with Crippen molar-refractivity contribution in [2.24, 2.45) is 0 Å². The monoisotopic (exact) mass is 239 g/mol. The van der Waals surface area contributed by atoms with Crippen molar-refractivity contribution >= 4 is 17.3 Å². The Morgan fingerprint density at radius 2 is 2.50 bits per heavy atom. The van der Waals surface area contributed by atoms with E-state index in [9.17, 15) is 4.79 Å². The highest BCUT2D eigenvalue weighted by atomic mass is 32.1. The van der Waals surface area contributed by atoms with Crippen LogP contribution in [0, 0.1) is 0 Å². The van der Waals surface area contributed by atoms with E-state index in [1.807, 2.05) is 0 Å². The highest BCUT2D eigenvalue weighted by Crippen LogP contribution is 2.21. The van der Waals surface area contributed by atoms with Crippen LogP contribution in [0.15, 0.2) is 17.5 Å². The largest absolute Gasteiger partial charge is 0.481 e. The van der Waals surface area contributed by atoms with Gasteiger partial charge in [-0.2, -0.15) is 0 Å². The highest BCUT2D eigenvalue weighted by Gasteiger charge is 2.25. The van der Waals surface area contributed by atoms with Gasteiger partial charge in [-0.3, -0.25) is 9.69 Å². The van der Waals surface area contributed by atoms with Crippen LogP contribution in [0.1, 0.15) is 24.1 Å². The zero-order valence-electron chi connectivity index (χ0n) is 9.26. The normalized spacial score (nSPS) is 21.4. The molecule has 2 heterocycles. The molecule has 88 valence electrons. The minimum atomic E-state index is -0.673. The van der Waals surface area contributed by atoms with Crippen molar-refractivity contribution in [2.75, 3.05) is 13.1 Å². The Bertz CT molecular complexity index is 337. The number of hydrogen-bond donors (Lipinski definition) is 1. The molecule has 1 N–H and O–H groups in total. The molecule has 0 radical (unpaired) electrons. The lowest BCUT2D eigenvalue weighted by Crippen LogP contribution is -2.32. The number of thiophene rings is 1. The number of nitrogens with zero attached hydrogens (tertiary/aromatic N) is 1. The van der Waals surface area contributed by atoms with E-state index in [1.54, 1.807) is 11.3 Å². The minimum absolute atomic E-state index is 0.262. The summed E-state index contributed by atoms with van der Waals surface area (Å²) in [5, 5.41) is 10.9. The fraction of sp³-hybridized carbons (Fsp3) is 0.583. The topological polar surface area (TPSA) is 40.5 Å². The van der Waals surface area contributed by atoms with Crippen LogP contribution in [0.5, 0.6) is 0 Å². The molecule has 1 saturated heterocycles. The molecule has 0 spiro atoms. The summed E-state index contributed by atoms with van der Waals surface area (Å²) in [5.74, 6) is -0.673. The van der Waals surface area contributed by atoms with E-state index in [0.29, 0.717) is 6.42 Å². The average Bonchev–Trinajstić information content (AvgIpc) is 2.84. The summed E-state index contributed by atoms with van der Waals surface area (Å²) in [5.41, 5.74) is 0. The molecule has 0 bridgehead atoms. The second-order valence-electron chi connectivity index (χ2n) is 4.26. The number of aliphatic carboxylic acids is 1. The maximum Gasteiger partial charge on any atom is 0.304 e. The summed E-state index contributed by atoms with van der Waals surface area (Å²) in [7, 11) is 0. The Balaban J connectivity index is 1.81. The molecule has 1 atom stereocenters. The van der Waals surface area contributed by atoms with Gasteiger partial charge >= 0.3 is 5.97 Å². The Hall–Kier alpha value is -0.870. The van der Waals surface area contributed by atoms with Crippen LogP contribution in [0.2, 0.25) is 0 Å². The van der Waals surface area contributed by atoms with Gasteiger partial charge in [-0.05, 0) is 37.3 Å². The molecule has 0 aliphatic carbocycles. The Morgan fingerprint density at radius 1 is 1.62 bits per heavy atom. The van der Waals surface area contributed by atoms with Gasteiger partial charge in [0, 0.05) is 17.5 Å². The Morgan fingerprint density at radius 3 is 3.19 bits per heavy atom. The summed E-state index contributed by atoms with van der Waals surface area (Å²) in [6, 6.07) is 4.48. The van der Waals surface area contributed by atoms with Gasteiger partial charge in [0.05, 0.1) is 6.42 Å². The van der Waals surface area contributed by atoms with E-state index in [1.165, 1.54) is 4.88 Å². The lowest BCUT2D eigenvalue weighted by atomic mass is 10.1. The van der Waals surface area contributed by atoms with Gasteiger partial charge in [0.1, 0.15) is 0 Å². The standard InChI is InChI=1S/C12H17NO2S/c14-12(15)9-10-3-1-6-13(10)7-5-11-4-2-8-16-11/h2,4,8,10H,1,3,5-7,9H2,(H,14,15). The third kappa shape index (κ3) is 3.06. The van der Waals surface area contributed by atoms with Gasteiger partial charge < -0.3 is 5.11 Å². The zero-order chi connectivity index (χ0) is 11.4. The van der Waals surface area contributed by atoms with Crippen molar-refractivity contribution < 1.29 is 9.90 Å². The fourth-order valence-electron chi connectivity index (χ4n) is 2.33. The van der Waals surface area contributed by atoms with E-state index in [0.717, 1.165) is 32.4 Å². The molecule has 1 unspecified atom stereocenters. The second kappa shape index (κ2) is 5.46. The van der Waals surface area contributed by atoms with Gasteiger partial charge in [0.25, 0.3) is 0 Å². The lowest BCUT2D eigenvalue weighted by molar-refractivity contribution is -0.138. The third-order valence-corrected chi connectivity index (χ3v) is 4.07. The number of rotatable bonds is 5. The van der Waals surface area contributed by atoms with Crippen LogP contribution in [-0.2, 0) is 11.2 Å². The van der Waals surface area contributed by atoms with Crippen LogP contribution in [-0.4, -0.2) is 35.1 Å². The van der Waals surface area contributed by atoms with Crippen molar-refractivity contribution in [1.82, 2.24) is 4.90 Å². The van der Waals surface area contributed by atoms with Gasteiger partial charge in [0.15, 0.2) is 0 Å². The first kappa shape index (κ1) is 11.6. The van der Waals surface area contributed by atoms with E-state index in [4.69, 9.17) is 5.11 Å². The summed E-state index contributed by atoms with van der Waals surface area (Å²) in [4.78, 5) is 14.4. The fourth-order valence-corrected chi connectivity index (χ4v) is 3.03. The minimum Gasteiger partial charge on any atom is -0.481 e. The molecule has 0 amide bonds. The van der Waals surface area contributed by atoms with E-state index in [-0.39, 0.29) is 6.04 Å². The molecule has 1 aromatic heterocycles. The van der Waals surface area contributed by atoms with Crippen molar-refractivity contribution in [3.63, 3.8) is 0 Å². The molecule has 1 aliphatic rings. The maximum atomic E-state index is 10.7. The van der Waals surface area contributed by atoms with Crippen LogP contribution in [0.25, 0.3) is 0 Å². The van der Waals surface area contributed by atoms with Crippen LogP contribution in [0.4, 0.5) is 0 Å². The molecule has 4 heteroatoms. The molecular weight excluding hydrogens is 222 g/mol. The first-order valence-corrected chi connectivity index (χ1v) is 6.62. The van der Waals surface area contributed by atoms with Crippen LogP contribution < -0.4 is 0 Å². The molecule has 3 nitrogen and oxygen atoms in total. The number of hydrogen-bond acceptors (Lipinski definition) is 3. The molecule has 2 rings (SSSR count). The van der Waals surface area contributed by atoms with Gasteiger partial charge in [0.2, 0.25) is 0 Å². The quantitative estimate of drug-likeness (QED) is 0.856. The van der Waals surface area contributed by atoms with E-state index >= 15 is 0 Å². The molecule has 0 saturated carbocycles. The average molecular weight is 239 g/mol. The van der Waals surface area contributed by atoms with Crippen molar-refractivity contribution in [3.8, 4) is 0 Å². The predicted octanol–water partition coefficient (Wildman–Crippen LogP) is 2.23. The molecule has 0 aromatic carbocycles. The van der Waals surface area contributed by atoms with Gasteiger partial charge in [-0.25, -0.2) is 0 Å². The zero-order valence-corrected chi connectivity index (χ0v) is 10.1. The second-order valence-corrected chi connectivity index (χ2v) is 5.29. The third-order valence-electron chi connectivity index (χ3n) is 3.13. The summed E-state index contributed by atoms with van der Waals surface area (Å²) < 4.78 is 0.